The van der Waals surface area contributed by atoms with E-state index in [4.69, 9.17) is 4.52 Å². The molecule has 0 saturated carbocycles. The highest BCUT2D eigenvalue weighted by Crippen LogP contribution is 2.31. The molecule has 0 aliphatic carbocycles. The van der Waals surface area contributed by atoms with Gasteiger partial charge in [0.1, 0.15) is 5.75 Å². The van der Waals surface area contributed by atoms with Gasteiger partial charge in [-0.2, -0.15) is 4.98 Å². The fraction of sp³-hybridized carbons (Fsp3) is 0.0667. The van der Waals surface area contributed by atoms with Crippen LogP contribution in [-0.2, 0) is 6.42 Å². The van der Waals surface area contributed by atoms with Crippen LogP contribution in [0.3, 0.4) is 0 Å². The summed E-state index contributed by atoms with van der Waals surface area (Å²) in [7, 11) is 0. The second-order valence-electron chi connectivity index (χ2n) is 4.45. The molecule has 0 spiro atoms. The van der Waals surface area contributed by atoms with Gasteiger partial charge in [-0.15, -0.1) is 0 Å². The summed E-state index contributed by atoms with van der Waals surface area (Å²) in [6.45, 7) is 0. The molecule has 2 aromatic carbocycles. The molecule has 1 N–H and O–H groups in total. The number of aromatic hydroxyl groups is 1. The predicted octanol–water partition coefficient (Wildman–Crippen LogP) is 4.56. The Kier molecular flexibility index (Phi) is 4.07. The van der Waals surface area contributed by atoms with Gasteiger partial charge < -0.3 is 9.63 Å². The van der Waals surface area contributed by atoms with E-state index in [2.05, 4.69) is 42.0 Å². The number of phenols is 1. The second-order valence-corrected chi connectivity index (χ2v) is 6.22. The van der Waals surface area contributed by atoms with Crippen LogP contribution in [0.25, 0.3) is 11.5 Å². The van der Waals surface area contributed by atoms with E-state index in [9.17, 15) is 5.11 Å². The Morgan fingerprint density at radius 3 is 2.71 bits per heavy atom. The number of halogens is 2. The molecule has 0 fully saturated rings. The molecule has 4 nitrogen and oxygen atoms in total. The predicted molar refractivity (Wildman–Crippen MR) is 86.0 cm³/mol. The summed E-state index contributed by atoms with van der Waals surface area (Å²) >= 11 is 6.85. The van der Waals surface area contributed by atoms with Crippen LogP contribution in [0.15, 0.2) is 55.9 Å². The Hall–Kier alpha value is -1.66. The molecule has 106 valence electrons. The molecule has 3 rings (SSSR count). The van der Waals surface area contributed by atoms with E-state index in [0.29, 0.717) is 23.7 Å². The lowest BCUT2D eigenvalue weighted by atomic mass is 10.1. The second kappa shape index (κ2) is 5.99. The number of phenolic OH excluding ortho intramolecular Hbond substituents is 1. The Morgan fingerprint density at radius 2 is 1.90 bits per heavy atom. The third-order valence-corrected chi connectivity index (χ3v) is 4.23. The van der Waals surface area contributed by atoms with E-state index in [1.807, 2.05) is 24.3 Å². The number of benzene rings is 2. The van der Waals surface area contributed by atoms with Gasteiger partial charge in [0.05, 0.1) is 5.56 Å². The van der Waals surface area contributed by atoms with Crippen LogP contribution >= 0.6 is 31.9 Å². The molecule has 1 heterocycles. The van der Waals surface area contributed by atoms with Crippen LogP contribution in [0.5, 0.6) is 5.75 Å². The summed E-state index contributed by atoms with van der Waals surface area (Å²) in [6.07, 6.45) is 0.555. The van der Waals surface area contributed by atoms with Crippen LogP contribution in [0.1, 0.15) is 11.4 Å². The van der Waals surface area contributed by atoms with Crippen molar-refractivity contribution in [2.45, 2.75) is 6.42 Å². The average molecular weight is 410 g/mol. The van der Waals surface area contributed by atoms with Gasteiger partial charge in [-0.1, -0.05) is 55.2 Å². The number of hydrogen-bond donors (Lipinski definition) is 1. The highest BCUT2D eigenvalue weighted by Gasteiger charge is 2.14. The van der Waals surface area contributed by atoms with Crippen LogP contribution in [0, 0.1) is 0 Å². The molecule has 0 radical (unpaired) electrons. The zero-order valence-electron chi connectivity index (χ0n) is 10.8. The Morgan fingerprint density at radius 1 is 1.10 bits per heavy atom. The number of nitrogens with zero attached hydrogens (tertiary/aromatic N) is 2. The molecule has 0 unspecified atom stereocenters. The lowest BCUT2D eigenvalue weighted by Crippen LogP contribution is -1.91. The van der Waals surface area contributed by atoms with Crippen molar-refractivity contribution in [2.24, 2.45) is 0 Å². The summed E-state index contributed by atoms with van der Waals surface area (Å²) in [5.74, 6) is 0.974. The van der Waals surface area contributed by atoms with Crippen molar-refractivity contribution in [3.63, 3.8) is 0 Å². The fourth-order valence-corrected chi connectivity index (χ4v) is 2.71. The maximum absolute atomic E-state index is 9.88. The number of rotatable bonds is 3. The van der Waals surface area contributed by atoms with Gasteiger partial charge >= 0.3 is 0 Å². The molecule has 6 heteroatoms. The molecular weight excluding hydrogens is 400 g/mol. The van der Waals surface area contributed by atoms with E-state index in [0.717, 1.165) is 14.5 Å². The highest BCUT2D eigenvalue weighted by atomic mass is 79.9. The van der Waals surface area contributed by atoms with Crippen LogP contribution in [-0.4, -0.2) is 15.2 Å². The SMILES string of the molecule is Oc1ccc(Br)cc1-c1nc(Cc2ccccc2Br)no1. The van der Waals surface area contributed by atoms with Crippen LogP contribution in [0.2, 0.25) is 0 Å². The van der Waals surface area contributed by atoms with E-state index in [-0.39, 0.29) is 5.75 Å². The third-order valence-electron chi connectivity index (χ3n) is 2.96. The van der Waals surface area contributed by atoms with Gasteiger partial charge in [0, 0.05) is 15.4 Å². The normalized spacial score (nSPS) is 10.8. The number of hydrogen-bond acceptors (Lipinski definition) is 4. The van der Waals surface area contributed by atoms with Crippen molar-refractivity contribution in [3.05, 3.63) is 62.8 Å². The minimum absolute atomic E-state index is 0.106. The van der Waals surface area contributed by atoms with Crippen molar-refractivity contribution in [2.75, 3.05) is 0 Å². The first-order chi connectivity index (χ1) is 10.1. The lowest BCUT2D eigenvalue weighted by molar-refractivity contribution is 0.418. The van der Waals surface area contributed by atoms with Crippen LogP contribution in [0.4, 0.5) is 0 Å². The monoisotopic (exact) mass is 408 g/mol. The van der Waals surface area contributed by atoms with Gasteiger partial charge in [-0.25, -0.2) is 0 Å². The first kappa shape index (κ1) is 14.3. The van der Waals surface area contributed by atoms with Crippen molar-refractivity contribution >= 4 is 31.9 Å². The standard InChI is InChI=1S/C15H10Br2N2O2/c16-10-5-6-13(20)11(8-10)15-18-14(19-21-15)7-9-3-1-2-4-12(9)17/h1-6,8,20H,7H2. The number of aromatic nitrogens is 2. The Bertz CT molecular complexity index is 787. The van der Waals surface area contributed by atoms with Crippen molar-refractivity contribution in [1.82, 2.24) is 10.1 Å². The Labute approximate surface area is 138 Å². The van der Waals surface area contributed by atoms with Crippen molar-refractivity contribution in [1.29, 1.82) is 0 Å². The zero-order chi connectivity index (χ0) is 14.8. The van der Waals surface area contributed by atoms with E-state index < -0.39 is 0 Å². The molecule has 0 bridgehead atoms. The molecular formula is C15H10Br2N2O2. The van der Waals surface area contributed by atoms with E-state index in [1.165, 1.54) is 0 Å². The van der Waals surface area contributed by atoms with Gasteiger partial charge in [0.2, 0.25) is 0 Å². The van der Waals surface area contributed by atoms with E-state index in [1.54, 1.807) is 18.2 Å². The van der Waals surface area contributed by atoms with Gasteiger partial charge in [0.25, 0.3) is 5.89 Å². The minimum Gasteiger partial charge on any atom is -0.507 e. The van der Waals surface area contributed by atoms with Gasteiger partial charge in [0.15, 0.2) is 5.82 Å². The summed E-state index contributed by atoms with van der Waals surface area (Å²) < 4.78 is 7.08. The highest BCUT2D eigenvalue weighted by molar-refractivity contribution is 9.10. The maximum atomic E-state index is 9.88. The van der Waals surface area contributed by atoms with Crippen molar-refractivity contribution < 1.29 is 9.63 Å². The smallest absolute Gasteiger partial charge is 0.261 e. The van der Waals surface area contributed by atoms with Gasteiger partial charge in [-0.05, 0) is 29.8 Å². The largest absolute Gasteiger partial charge is 0.507 e. The summed E-state index contributed by atoms with van der Waals surface area (Å²) in [6, 6.07) is 12.9. The molecule has 0 aliphatic heterocycles. The molecule has 0 amide bonds. The molecule has 0 aliphatic rings. The molecule has 3 aromatic rings. The molecule has 21 heavy (non-hydrogen) atoms. The summed E-state index contributed by atoms with van der Waals surface area (Å²) in [5, 5.41) is 13.8. The van der Waals surface area contributed by atoms with Gasteiger partial charge in [-0.3, -0.25) is 0 Å². The first-order valence-electron chi connectivity index (χ1n) is 6.18. The lowest BCUT2D eigenvalue weighted by Gasteiger charge is -2.00. The summed E-state index contributed by atoms with van der Waals surface area (Å²) in [5.41, 5.74) is 1.58. The summed E-state index contributed by atoms with van der Waals surface area (Å²) in [4.78, 5) is 4.34. The topological polar surface area (TPSA) is 59.2 Å². The maximum Gasteiger partial charge on any atom is 0.261 e. The first-order valence-corrected chi connectivity index (χ1v) is 7.77. The third kappa shape index (κ3) is 3.16. The minimum atomic E-state index is 0.106. The fourth-order valence-electron chi connectivity index (χ4n) is 1.93. The van der Waals surface area contributed by atoms with Crippen LogP contribution < -0.4 is 0 Å². The molecule has 0 atom stereocenters. The van der Waals surface area contributed by atoms with E-state index >= 15 is 0 Å². The zero-order valence-corrected chi connectivity index (χ0v) is 13.9. The van der Waals surface area contributed by atoms with Crippen molar-refractivity contribution in [3.8, 4) is 17.2 Å². The molecule has 0 saturated heterocycles. The quantitative estimate of drug-likeness (QED) is 0.688. The molecule has 1 aromatic heterocycles. The average Bonchev–Trinajstić information content (AvgIpc) is 2.92. The Balaban J connectivity index is 1.90.